The topological polar surface area (TPSA) is 58.0 Å². The molecule has 0 saturated heterocycles. The number of hydrogen-bond donors (Lipinski definition) is 2. The Morgan fingerprint density at radius 2 is 2.25 bits per heavy atom. The predicted octanol–water partition coefficient (Wildman–Crippen LogP) is 1.95. The van der Waals surface area contributed by atoms with Gasteiger partial charge in [0.05, 0.1) is 0 Å². The quantitative estimate of drug-likeness (QED) is 0.434. The molecule has 0 unspecified atom stereocenters. The molecule has 2 N–H and O–H groups in total. The number of rotatable bonds is 7. The van der Waals surface area contributed by atoms with Gasteiger partial charge in [0.2, 0.25) is 0 Å². The van der Waals surface area contributed by atoms with Crippen molar-refractivity contribution in [2.75, 3.05) is 24.7 Å². The molecule has 1 rings (SSSR count). The molecule has 1 aromatic rings. The average molecular weight is 241 g/mol. The summed E-state index contributed by atoms with van der Waals surface area (Å²) in [5.41, 5.74) is 1.19. The van der Waals surface area contributed by atoms with E-state index in [1.165, 1.54) is 5.56 Å². The highest BCUT2D eigenvalue weighted by atomic mass is 32.2. The number of aliphatic hydroxyl groups is 1. The van der Waals surface area contributed by atoms with Crippen LogP contribution in [0.3, 0.4) is 0 Å². The lowest BCUT2D eigenvalue weighted by Crippen LogP contribution is -2.02. The molecule has 0 aliphatic rings. The molecule has 90 valence electrons. The van der Waals surface area contributed by atoms with Crippen LogP contribution in [0.1, 0.15) is 25.3 Å². The summed E-state index contributed by atoms with van der Waals surface area (Å²) in [6.45, 7) is 2.38. The Bertz CT molecular complexity index is 320. The van der Waals surface area contributed by atoms with Crippen LogP contribution in [-0.4, -0.2) is 34.5 Å². The zero-order chi connectivity index (χ0) is 11.8. The van der Waals surface area contributed by atoms with Crippen LogP contribution in [0.5, 0.6) is 0 Å². The first-order valence-corrected chi connectivity index (χ1v) is 6.57. The van der Waals surface area contributed by atoms with Crippen molar-refractivity contribution in [2.45, 2.75) is 31.2 Å². The zero-order valence-electron chi connectivity index (χ0n) is 9.86. The van der Waals surface area contributed by atoms with Gasteiger partial charge in [0.15, 0.2) is 0 Å². The van der Waals surface area contributed by atoms with Crippen LogP contribution >= 0.6 is 11.8 Å². The third-order valence-corrected chi connectivity index (χ3v) is 3.30. The number of anilines is 1. The Morgan fingerprint density at radius 1 is 1.44 bits per heavy atom. The van der Waals surface area contributed by atoms with Gasteiger partial charge in [0.25, 0.3) is 0 Å². The van der Waals surface area contributed by atoms with Gasteiger partial charge in [-0.1, -0.05) is 13.3 Å². The normalized spacial score (nSPS) is 10.4. The smallest absolute Gasteiger partial charge is 0.133 e. The summed E-state index contributed by atoms with van der Waals surface area (Å²) in [4.78, 5) is 8.53. The fraction of sp³-hybridized carbons (Fsp3) is 0.636. The molecular formula is C11H19N3OS. The highest BCUT2D eigenvalue weighted by Crippen LogP contribution is 2.26. The number of thioether (sulfide) groups is 1. The lowest BCUT2D eigenvalue weighted by Gasteiger charge is -2.11. The van der Waals surface area contributed by atoms with Crippen LogP contribution < -0.4 is 5.32 Å². The van der Waals surface area contributed by atoms with Crippen molar-refractivity contribution in [2.24, 2.45) is 0 Å². The molecule has 0 aliphatic heterocycles. The minimum Gasteiger partial charge on any atom is -0.396 e. The van der Waals surface area contributed by atoms with Crippen LogP contribution in [-0.2, 0) is 6.42 Å². The number of aliphatic hydroxyl groups excluding tert-OH is 1. The minimum absolute atomic E-state index is 0.236. The van der Waals surface area contributed by atoms with E-state index in [-0.39, 0.29) is 6.61 Å². The molecule has 0 radical (unpaired) electrons. The van der Waals surface area contributed by atoms with Crippen molar-refractivity contribution in [3.8, 4) is 0 Å². The molecule has 0 spiro atoms. The second-order valence-electron chi connectivity index (χ2n) is 3.43. The van der Waals surface area contributed by atoms with E-state index in [4.69, 9.17) is 5.11 Å². The Hall–Kier alpha value is -0.810. The van der Waals surface area contributed by atoms with Gasteiger partial charge in [-0.2, -0.15) is 0 Å². The number of hydrogen-bond acceptors (Lipinski definition) is 5. The first-order chi connectivity index (χ1) is 7.83. The van der Waals surface area contributed by atoms with Crippen molar-refractivity contribution < 1.29 is 5.11 Å². The van der Waals surface area contributed by atoms with Gasteiger partial charge in [-0.25, -0.2) is 9.97 Å². The van der Waals surface area contributed by atoms with E-state index in [1.54, 1.807) is 18.1 Å². The predicted molar refractivity (Wildman–Crippen MR) is 68.0 cm³/mol. The summed E-state index contributed by atoms with van der Waals surface area (Å²) in [6, 6.07) is 0. The van der Waals surface area contributed by atoms with Gasteiger partial charge in [-0.15, -0.1) is 11.8 Å². The largest absolute Gasteiger partial charge is 0.396 e. The molecule has 4 nitrogen and oxygen atoms in total. The third-order valence-electron chi connectivity index (χ3n) is 2.18. The molecule has 16 heavy (non-hydrogen) atoms. The Balaban J connectivity index is 2.79. The fourth-order valence-corrected chi connectivity index (χ4v) is 2.41. The molecule has 0 saturated carbocycles. The standard InChI is InChI=1S/C11H19N3OS/c1-3-5-9-10(12-2)13-8-14-11(9)16-7-4-6-15/h8,15H,3-7H2,1-2H3,(H,12,13,14). The molecule has 1 aromatic heterocycles. The molecule has 0 bridgehead atoms. The zero-order valence-corrected chi connectivity index (χ0v) is 10.7. The van der Waals surface area contributed by atoms with Gasteiger partial charge >= 0.3 is 0 Å². The van der Waals surface area contributed by atoms with Crippen molar-refractivity contribution >= 4 is 17.6 Å². The van der Waals surface area contributed by atoms with E-state index in [9.17, 15) is 0 Å². The van der Waals surface area contributed by atoms with Crippen LogP contribution in [0.4, 0.5) is 5.82 Å². The van der Waals surface area contributed by atoms with Gasteiger partial charge in [-0.05, 0) is 12.8 Å². The van der Waals surface area contributed by atoms with E-state index in [0.29, 0.717) is 0 Å². The van der Waals surface area contributed by atoms with Crippen LogP contribution in [0, 0.1) is 0 Å². The summed E-state index contributed by atoms with van der Waals surface area (Å²) in [5.74, 6) is 1.82. The highest BCUT2D eigenvalue weighted by molar-refractivity contribution is 7.99. The fourth-order valence-electron chi connectivity index (χ4n) is 1.44. The number of nitrogens with zero attached hydrogens (tertiary/aromatic N) is 2. The van der Waals surface area contributed by atoms with Crippen LogP contribution in [0.25, 0.3) is 0 Å². The number of aromatic nitrogens is 2. The lowest BCUT2D eigenvalue weighted by molar-refractivity contribution is 0.296. The van der Waals surface area contributed by atoms with Crippen molar-refractivity contribution in [3.05, 3.63) is 11.9 Å². The second kappa shape index (κ2) is 7.46. The lowest BCUT2D eigenvalue weighted by atomic mass is 10.2. The SMILES string of the molecule is CCCc1c(NC)ncnc1SCCCO. The monoisotopic (exact) mass is 241 g/mol. The average Bonchev–Trinajstić information content (AvgIpc) is 2.31. The van der Waals surface area contributed by atoms with E-state index in [1.807, 2.05) is 7.05 Å². The first-order valence-electron chi connectivity index (χ1n) is 5.58. The Morgan fingerprint density at radius 3 is 2.88 bits per heavy atom. The van der Waals surface area contributed by atoms with Crippen molar-refractivity contribution in [1.29, 1.82) is 0 Å². The molecule has 0 aliphatic carbocycles. The van der Waals surface area contributed by atoms with Gasteiger partial charge in [0, 0.05) is 25.0 Å². The van der Waals surface area contributed by atoms with Crippen LogP contribution in [0.2, 0.25) is 0 Å². The van der Waals surface area contributed by atoms with E-state index < -0.39 is 0 Å². The molecule has 5 heteroatoms. The molecule has 1 heterocycles. The van der Waals surface area contributed by atoms with Gasteiger partial charge < -0.3 is 10.4 Å². The van der Waals surface area contributed by atoms with Crippen LogP contribution in [0.15, 0.2) is 11.4 Å². The summed E-state index contributed by atoms with van der Waals surface area (Å²) >= 11 is 1.69. The summed E-state index contributed by atoms with van der Waals surface area (Å²) in [6.07, 6.45) is 4.45. The molecule has 0 amide bonds. The summed E-state index contributed by atoms with van der Waals surface area (Å²) < 4.78 is 0. The maximum absolute atomic E-state index is 8.76. The maximum atomic E-state index is 8.76. The van der Waals surface area contributed by atoms with Gasteiger partial charge in [-0.3, -0.25) is 0 Å². The minimum atomic E-state index is 0.236. The van der Waals surface area contributed by atoms with E-state index >= 15 is 0 Å². The summed E-state index contributed by atoms with van der Waals surface area (Å²) in [7, 11) is 1.88. The van der Waals surface area contributed by atoms with Gasteiger partial charge in [0.1, 0.15) is 17.2 Å². The molecule has 0 aromatic carbocycles. The van der Waals surface area contributed by atoms with E-state index in [0.717, 1.165) is 35.9 Å². The van der Waals surface area contributed by atoms with Crippen molar-refractivity contribution in [3.63, 3.8) is 0 Å². The second-order valence-corrected chi connectivity index (χ2v) is 4.52. The van der Waals surface area contributed by atoms with E-state index in [2.05, 4.69) is 22.2 Å². The Kier molecular flexibility index (Phi) is 6.18. The first kappa shape index (κ1) is 13.3. The third kappa shape index (κ3) is 3.64. The highest BCUT2D eigenvalue weighted by Gasteiger charge is 2.09. The maximum Gasteiger partial charge on any atom is 0.133 e. The Labute approximate surface area is 101 Å². The molecular weight excluding hydrogens is 222 g/mol. The van der Waals surface area contributed by atoms with Crippen molar-refractivity contribution in [1.82, 2.24) is 9.97 Å². The number of nitrogens with one attached hydrogen (secondary N) is 1. The molecule has 0 atom stereocenters. The summed E-state index contributed by atoms with van der Waals surface area (Å²) in [5, 5.41) is 12.9. The molecule has 0 fully saturated rings.